The van der Waals surface area contributed by atoms with Gasteiger partial charge in [0.25, 0.3) is 0 Å². The normalized spacial score (nSPS) is 16.2. The zero-order valence-corrected chi connectivity index (χ0v) is 11.5. The highest BCUT2D eigenvalue weighted by Crippen LogP contribution is 2.10. The number of rotatable bonds is 5. The third-order valence-electron chi connectivity index (χ3n) is 3.46. The molecular weight excluding hydrogens is 252 g/mol. The topological polar surface area (TPSA) is 42.3 Å². The standard InChI is InChI=1S/C15H20N4O/c1-2-4-15(5-3-1)19-13-14(12-17-19)16-6-7-18-8-10-20-11-9-18/h1-5,12-13,16H,6-11H2. The van der Waals surface area contributed by atoms with E-state index in [1.807, 2.05) is 47.4 Å². The van der Waals surface area contributed by atoms with Crippen LogP contribution in [-0.4, -0.2) is 54.1 Å². The Labute approximate surface area is 119 Å². The summed E-state index contributed by atoms with van der Waals surface area (Å²) in [5.74, 6) is 0. The Morgan fingerprint density at radius 2 is 1.95 bits per heavy atom. The molecular formula is C15H20N4O. The number of anilines is 1. The van der Waals surface area contributed by atoms with Gasteiger partial charge in [-0.15, -0.1) is 0 Å². The van der Waals surface area contributed by atoms with E-state index in [1.54, 1.807) is 0 Å². The number of hydrogen-bond donors (Lipinski definition) is 1. The monoisotopic (exact) mass is 272 g/mol. The Bertz CT molecular complexity index is 520. The zero-order valence-electron chi connectivity index (χ0n) is 11.5. The van der Waals surface area contributed by atoms with Crippen molar-refractivity contribution in [3.8, 4) is 5.69 Å². The van der Waals surface area contributed by atoms with Crippen LogP contribution in [0.2, 0.25) is 0 Å². The van der Waals surface area contributed by atoms with E-state index in [2.05, 4.69) is 15.3 Å². The van der Waals surface area contributed by atoms with Gasteiger partial charge in [-0.2, -0.15) is 5.10 Å². The third kappa shape index (κ3) is 3.37. The van der Waals surface area contributed by atoms with Gasteiger partial charge in [-0.1, -0.05) is 18.2 Å². The minimum Gasteiger partial charge on any atom is -0.381 e. The molecule has 0 atom stereocenters. The lowest BCUT2D eigenvalue weighted by Crippen LogP contribution is -2.38. The van der Waals surface area contributed by atoms with Crippen molar-refractivity contribution in [2.45, 2.75) is 0 Å². The fourth-order valence-corrected chi connectivity index (χ4v) is 2.32. The number of aromatic nitrogens is 2. The predicted molar refractivity (Wildman–Crippen MR) is 79.3 cm³/mol. The SMILES string of the molecule is c1ccc(-n2cc(NCCN3CCOCC3)cn2)cc1. The van der Waals surface area contributed by atoms with Gasteiger partial charge in [0.05, 0.1) is 37.0 Å². The van der Waals surface area contributed by atoms with Crippen LogP contribution >= 0.6 is 0 Å². The summed E-state index contributed by atoms with van der Waals surface area (Å²) in [7, 11) is 0. The van der Waals surface area contributed by atoms with E-state index in [0.717, 1.165) is 50.8 Å². The smallest absolute Gasteiger partial charge is 0.0731 e. The van der Waals surface area contributed by atoms with Gasteiger partial charge in [-0.05, 0) is 12.1 Å². The molecule has 1 aliphatic heterocycles. The maximum atomic E-state index is 5.34. The summed E-state index contributed by atoms with van der Waals surface area (Å²) in [6.07, 6.45) is 3.89. The summed E-state index contributed by atoms with van der Waals surface area (Å²) in [5, 5.41) is 7.79. The average molecular weight is 272 g/mol. The van der Waals surface area contributed by atoms with E-state index in [0.29, 0.717) is 0 Å². The second-order valence-corrected chi connectivity index (χ2v) is 4.89. The molecule has 0 bridgehead atoms. The summed E-state index contributed by atoms with van der Waals surface area (Å²) < 4.78 is 7.23. The summed E-state index contributed by atoms with van der Waals surface area (Å²) in [6, 6.07) is 10.1. The van der Waals surface area contributed by atoms with Crippen LogP contribution in [0, 0.1) is 0 Å². The van der Waals surface area contributed by atoms with Crippen LogP contribution in [-0.2, 0) is 4.74 Å². The van der Waals surface area contributed by atoms with E-state index in [-0.39, 0.29) is 0 Å². The number of nitrogens with zero attached hydrogens (tertiary/aromatic N) is 3. The van der Waals surface area contributed by atoms with E-state index >= 15 is 0 Å². The van der Waals surface area contributed by atoms with Gasteiger partial charge in [0.2, 0.25) is 0 Å². The van der Waals surface area contributed by atoms with Gasteiger partial charge in [0.1, 0.15) is 0 Å². The molecule has 2 aromatic rings. The van der Waals surface area contributed by atoms with Crippen LogP contribution in [0.5, 0.6) is 0 Å². The molecule has 106 valence electrons. The zero-order chi connectivity index (χ0) is 13.6. The molecule has 1 fully saturated rings. The molecule has 0 amide bonds. The molecule has 0 saturated carbocycles. The van der Waals surface area contributed by atoms with Crippen LogP contribution < -0.4 is 5.32 Å². The number of morpholine rings is 1. The van der Waals surface area contributed by atoms with Gasteiger partial charge in [0, 0.05) is 26.2 Å². The van der Waals surface area contributed by atoms with Crippen molar-refractivity contribution in [2.75, 3.05) is 44.7 Å². The molecule has 20 heavy (non-hydrogen) atoms. The molecule has 1 aromatic heterocycles. The summed E-state index contributed by atoms with van der Waals surface area (Å²) in [4.78, 5) is 2.41. The summed E-state index contributed by atoms with van der Waals surface area (Å²) in [5.41, 5.74) is 2.14. The van der Waals surface area contributed by atoms with Gasteiger partial charge in [-0.3, -0.25) is 4.90 Å². The molecule has 1 aromatic carbocycles. The minimum atomic E-state index is 0.853. The average Bonchev–Trinajstić information content (AvgIpc) is 2.98. The van der Waals surface area contributed by atoms with E-state index in [4.69, 9.17) is 4.74 Å². The number of ether oxygens (including phenoxy) is 1. The Morgan fingerprint density at radius 3 is 2.75 bits per heavy atom. The summed E-state index contributed by atoms with van der Waals surface area (Å²) >= 11 is 0. The van der Waals surface area contributed by atoms with Gasteiger partial charge < -0.3 is 10.1 Å². The van der Waals surface area contributed by atoms with Crippen molar-refractivity contribution in [2.24, 2.45) is 0 Å². The highest BCUT2D eigenvalue weighted by Gasteiger charge is 2.09. The van der Waals surface area contributed by atoms with Crippen LogP contribution in [0.25, 0.3) is 5.69 Å². The molecule has 0 unspecified atom stereocenters. The molecule has 0 radical (unpaired) electrons. The lowest BCUT2D eigenvalue weighted by Gasteiger charge is -2.26. The fraction of sp³-hybridized carbons (Fsp3) is 0.400. The molecule has 1 saturated heterocycles. The van der Waals surface area contributed by atoms with Crippen molar-refractivity contribution in [3.63, 3.8) is 0 Å². The van der Waals surface area contributed by atoms with Crippen molar-refractivity contribution >= 4 is 5.69 Å². The second kappa shape index (κ2) is 6.54. The Morgan fingerprint density at radius 1 is 1.15 bits per heavy atom. The molecule has 1 aliphatic rings. The number of hydrogen-bond acceptors (Lipinski definition) is 4. The van der Waals surface area contributed by atoms with Crippen LogP contribution in [0.4, 0.5) is 5.69 Å². The first kappa shape index (κ1) is 13.1. The van der Waals surface area contributed by atoms with Crippen LogP contribution in [0.3, 0.4) is 0 Å². The van der Waals surface area contributed by atoms with Crippen molar-refractivity contribution in [1.29, 1.82) is 0 Å². The number of nitrogens with one attached hydrogen (secondary N) is 1. The fourth-order valence-electron chi connectivity index (χ4n) is 2.32. The first-order valence-corrected chi connectivity index (χ1v) is 7.06. The van der Waals surface area contributed by atoms with E-state index in [9.17, 15) is 0 Å². The Hall–Kier alpha value is -1.85. The predicted octanol–water partition coefficient (Wildman–Crippen LogP) is 1.62. The Kier molecular flexibility index (Phi) is 4.30. The largest absolute Gasteiger partial charge is 0.381 e. The quantitative estimate of drug-likeness (QED) is 0.898. The molecule has 5 nitrogen and oxygen atoms in total. The molecule has 0 aliphatic carbocycles. The Balaban J connectivity index is 1.50. The van der Waals surface area contributed by atoms with Crippen molar-refractivity contribution < 1.29 is 4.74 Å². The second-order valence-electron chi connectivity index (χ2n) is 4.89. The number of benzene rings is 1. The van der Waals surface area contributed by atoms with Gasteiger partial charge in [-0.25, -0.2) is 4.68 Å². The minimum absolute atomic E-state index is 0.853. The third-order valence-corrected chi connectivity index (χ3v) is 3.46. The molecule has 0 spiro atoms. The lowest BCUT2D eigenvalue weighted by molar-refractivity contribution is 0.0398. The maximum Gasteiger partial charge on any atom is 0.0731 e. The molecule has 2 heterocycles. The highest BCUT2D eigenvalue weighted by atomic mass is 16.5. The highest BCUT2D eigenvalue weighted by molar-refractivity contribution is 5.42. The van der Waals surface area contributed by atoms with Crippen molar-refractivity contribution in [3.05, 3.63) is 42.7 Å². The first-order valence-electron chi connectivity index (χ1n) is 7.06. The number of para-hydroxylation sites is 1. The molecule has 1 N–H and O–H groups in total. The van der Waals surface area contributed by atoms with Crippen LogP contribution in [0.1, 0.15) is 0 Å². The molecule has 3 rings (SSSR count). The molecule has 5 heteroatoms. The van der Waals surface area contributed by atoms with E-state index < -0.39 is 0 Å². The van der Waals surface area contributed by atoms with Gasteiger partial charge >= 0.3 is 0 Å². The first-order chi connectivity index (χ1) is 9.92. The lowest BCUT2D eigenvalue weighted by atomic mass is 10.3. The van der Waals surface area contributed by atoms with Crippen molar-refractivity contribution in [1.82, 2.24) is 14.7 Å². The van der Waals surface area contributed by atoms with Crippen LogP contribution in [0.15, 0.2) is 42.7 Å². The maximum absolute atomic E-state index is 5.34. The summed E-state index contributed by atoms with van der Waals surface area (Å²) in [6.45, 7) is 5.74. The van der Waals surface area contributed by atoms with Gasteiger partial charge in [0.15, 0.2) is 0 Å². The van der Waals surface area contributed by atoms with E-state index in [1.165, 1.54) is 0 Å².